The van der Waals surface area contributed by atoms with Crippen molar-refractivity contribution in [3.8, 4) is 0 Å². The fourth-order valence-corrected chi connectivity index (χ4v) is 4.19. The highest BCUT2D eigenvalue weighted by atomic mass is 19.1. The van der Waals surface area contributed by atoms with Gasteiger partial charge in [0.05, 0.1) is 12.1 Å². The van der Waals surface area contributed by atoms with Crippen LogP contribution >= 0.6 is 0 Å². The lowest BCUT2D eigenvalue weighted by molar-refractivity contribution is -0.124. The molecule has 0 aliphatic rings. The number of aromatic nitrogens is 1. The molecule has 4 rings (SSSR count). The fourth-order valence-electron chi connectivity index (χ4n) is 4.19. The summed E-state index contributed by atoms with van der Waals surface area (Å²) in [5.74, 6) is -1.38. The lowest BCUT2D eigenvalue weighted by Crippen LogP contribution is -2.28. The van der Waals surface area contributed by atoms with E-state index in [1.165, 1.54) is 6.07 Å². The molecule has 33 heavy (non-hydrogen) atoms. The SMILES string of the molecule is CCOC(=O)c1c(CNC(=O)C(C)C)c2c(F)cccc2n1Cc1cccc2ccccc12. The molecule has 0 atom stereocenters. The van der Waals surface area contributed by atoms with Crippen molar-refractivity contribution < 1.29 is 18.7 Å². The molecule has 0 bridgehead atoms. The Balaban J connectivity index is 1.92. The second kappa shape index (κ2) is 9.45. The molecule has 0 aliphatic carbocycles. The zero-order valence-corrected chi connectivity index (χ0v) is 19.0. The summed E-state index contributed by atoms with van der Waals surface area (Å²) in [7, 11) is 0. The van der Waals surface area contributed by atoms with Gasteiger partial charge in [-0.25, -0.2) is 9.18 Å². The van der Waals surface area contributed by atoms with Crippen LogP contribution in [0.25, 0.3) is 21.7 Å². The Hall–Kier alpha value is -3.67. The average molecular weight is 447 g/mol. The topological polar surface area (TPSA) is 60.3 Å². The maximum Gasteiger partial charge on any atom is 0.355 e. The molecule has 1 amide bonds. The Bertz CT molecular complexity index is 1330. The largest absolute Gasteiger partial charge is 0.461 e. The molecule has 1 N–H and O–H groups in total. The maximum atomic E-state index is 15.1. The quantitative estimate of drug-likeness (QED) is 0.385. The van der Waals surface area contributed by atoms with E-state index in [2.05, 4.69) is 5.32 Å². The zero-order valence-electron chi connectivity index (χ0n) is 19.0. The van der Waals surface area contributed by atoms with E-state index in [9.17, 15) is 9.59 Å². The van der Waals surface area contributed by atoms with Crippen LogP contribution in [-0.4, -0.2) is 23.1 Å². The van der Waals surface area contributed by atoms with Crippen molar-refractivity contribution in [2.24, 2.45) is 5.92 Å². The summed E-state index contributed by atoms with van der Waals surface area (Å²) in [6.45, 7) is 5.88. The van der Waals surface area contributed by atoms with E-state index in [-0.39, 0.29) is 30.7 Å². The van der Waals surface area contributed by atoms with Crippen LogP contribution in [0, 0.1) is 11.7 Å². The van der Waals surface area contributed by atoms with Gasteiger partial charge in [-0.1, -0.05) is 62.4 Å². The molecule has 1 heterocycles. The molecule has 0 fully saturated rings. The van der Waals surface area contributed by atoms with Gasteiger partial charge in [0.15, 0.2) is 0 Å². The van der Waals surface area contributed by atoms with E-state index in [1.54, 1.807) is 37.5 Å². The van der Waals surface area contributed by atoms with Crippen molar-refractivity contribution >= 4 is 33.6 Å². The van der Waals surface area contributed by atoms with Gasteiger partial charge in [-0.05, 0) is 35.4 Å². The standard InChI is InChI=1S/C27H27FN2O3/c1-4-33-27(32)25-21(15-29-26(31)17(2)3)24-22(28)13-8-14-23(24)30(25)16-19-11-7-10-18-9-5-6-12-20(18)19/h5-14,17H,4,15-16H2,1-3H3,(H,29,31). The number of nitrogens with one attached hydrogen (secondary N) is 1. The summed E-state index contributed by atoms with van der Waals surface area (Å²) >= 11 is 0. The van der Waals surface area contributed by atoms with Gasteiger partial charge >= 0.3 is 5.97 Å². The maximum absolute atomic E-state index is 15.1. The van der Waals surface area contributed by atoms with Gasteiger partial charge < -0.3 is 14.6 Å². The Morgan fingerprint density at radius 1 is 1.03 bits per heavy atom. The monoisotopic (exact) mass is 446 g/mol. The van der Waals surface area contributed by atoms with Crippen LogP contribution < -0.4 is 5.32 Å². The molecular weight excluding hydrogens is 419 g/mol. The summed E-state index contributed by atoms with van der Waals surface area (Å²) in [4.78, 5) is 25.4. The van der Waals surface area contributed by atoms with Crippen molar-refractivity contribution in [3.05, 3.63) is 83.3 Å². The predicted octanol–water partition coefficient (Wildman–Crippen LogP) is 5.43. The fraction of sp³-hybridized carbons (Fsp3) is 0.259. The molecule has 3 aromatic carbocycles. The summed E-state index contributed by atoms with van der Waals surface area (Å²) in [5.41, 5.74) is 2.27. The van der Waals surface area contributed by atoms with Gasteiger partial charge in [-0.2, -0.15) is 0 Å². The van der Waals surface area contributed by atoms with Gasteiger partial charge in [-0.15, -0.1) is 0 Å². The predicted molar refractivity (Wildman–Crippen MR) is 128 cm³/mol. The van der Waals surface area contributed by atoms with E-state index < -0.39 is 11.8 Å². The number of rotatable bonds is 7. The smallest absolute Gasteiger partial charge is 0.355 e. The molecule has 0 spiro atoms. The van der Waals surface area contributed by atoms with Crippen molar-refractivity contribution in [1.29, 1.82) is 0 Å². The molecular formula is C27H27FN2O3. The minimum absolute atomic E-state index is 0.0329. The first-order valence-electron chi connectivity index (χ1n) is 11.1. The molecule has 0 radical (unpaired) electrons. The number of hydrogen-bond donors (Lipinski definition) is 1. The van der Waals surface area contributed by atoms with Crippen LogP contribution in [0.5, 0.6) is 0 Å². The number of amides is 1. The van der Waals surface area contributed by atoms with E-state index in [0.717, 1.165) is 16.3 Å². The molecule has 5 nitrogen and oxygen atoms in total. The number of benzene rings is 3. The molecule has 1 aromatic heterocycles. The first kappa shape index (κ1) is 22.5. The highest BCUT2D eigenvalue weighted by Crippen LogP contribution is 2.31. The second-order valence-corrected chi connectivity index (χ2v) is 8.28. The number of nitrogens with zero attached hydrogens (tertiary/aromatic N) is 1. The number of fused-ring (bicyclic) bond motifs is 2. The van der Waals surface area contributed by atoms with Crippen molar-refractivity contribution in [1.82, 2.24) is 9.88 Å². The zero-order chi connectivity index (χ0) is 23.5. The van der Waals surface area contributed by atoms with Gasteiger partial charge in [-0.3, -0.25) is 4.79 Å². The third-order valence-electron chi connectivity index (χ3n) is 5.78. The van der Waals surface area contributed by atoms with Crippen LogP contribution in [0.1, 0.15) is 42.4 Å². The minimum Gasteiger partial charge on any atom is -0.461 e. The minimum atomic E-state index is -0.540. The lowest BCUT2D eigenvalue weighted by Gasteiger charge is -2.14. The van der Waals surface area contributed by atoms with Crippen LogP contribution in [-0.2, 0) is 22.6 Å². The summed E-state index contributed by atoms with van der Waals surface area (Å²) < 4.78 is 22.2. The molecule has 4 aromatic rings. The highest BCUT2D eigenvalue weighted by Gasteiger charge is 2.26. The van der Waals surface area contributed by atoms with Crippen molar-refractivity contribution in [3.63, 3.8) is 0 Å². The Kier molecular flexibility index (Phi) is 6.45. The molecule has 0 aliphatic heterocycles. The Morgan fingerprint density at radius 2 is 1.76 bits per heavy atom. The van der Waals surface area contributed by atoms with E-state index >= 15 is 4.39 Å². The second-order valence-electron chi connectivity index (χ2n) is 8.28. The van der Waals surface area contributed by atoms with Crippen LogP contribution in [0.4, 0.5) is 4.39 Å². The molecule has 6 heteroatoms. The molecule has 0 saturated heterocycles. The van der Waals surface area contributed by atoms with E-state index in [1.807, 2.05) is 42.5 Å². The van der Waals surface area contributed by atoms with Gasteiger partial charge in [0.2, 0.25) is 5.91 Å². The number of ether oxygens (including phenoxy) is 1. The average Bonchev–Trinajstić information content (AvgIpc) is 3.12. The molecule has 0 saturated carbocycles. The third-order valence-corrected chi connectivity index (χ3v) is 5.78. The number of esters is 1. The number of halogens is 1. The Labute approximate surface area is 192 Å². The van der Waals surface area contributed by atoms with Gasteiger partial charge in [0, 0.05) is 30.0 Å². The molecule has 0 unspecified atom stereocenters. The first-order valence-corrected chi connectivity index (χ1v) is 11.1. The van der Waals surface area contributed by atoms with Crippen molar-refractivity contribution in [2.45, 2.75) is 33.9 Å². The van der Waals surface area contributed by atoms with E-state index in [0.29, 0.717) is 23.0 Å². The van der Waals surface area contributed by atoms with Gasteiger partial charge in [0.25, 0.3) is 0 Å². The molecule has 170 valence electrons. The van der Waals surface area contributed by atoms with E-state index in [4.69, 9.17) is 4.74 Å². The Morgan fingerprint density at radius 3 is 2.52 bits per heavy atom. The van der Waals surface area contributed by atoms with Crippen LogP contribution in [0.15, 0.2) is 60.7 Å². The first-order chi connectivity index (χ1) is 15.9. The lowest BCUT2D eigenvalue weighted by atomic mass is 10.0. The van der Waals surface area contributed by atoms with Crippen LogP contribution in [0.3, 0.4) is 0 Å². The highest BCUT2D eigenvalue weighted by molar-refractivity contribution is 6.00. The summed E-state index contributed by atoms with van der Waals surface area (Å²) in [6, 6.07) is 18.8. The number of carbonyl (C=O) groups is 2. The third kappa shape index (κ3) is 4.33. The van der Waals surface area contributed by atoms with Crippen LogP contribution in [0.2, 0.25) is 0 Å². The normalized spacial score (nSPS) is 11.3. The number of hydrogen-bond acceptors (Lipinski definition) is 3. The summed E-state index contributed by atoms with van der Waals surface area (Å²) in [5, 5.41) is 5.30. The van der Waals surface area contributed by atoms with Gasteiger partial charge in [0.1, 0.15) is 11.5 Å². The summed E-state index contributed by atoms with van der Waals surface area (Å²) in [6.07, 6.45) is 0. The van der Waals surface area contributed by atoms with Crippen molar-refractivity contribution in [2.75, 3.05) is 6.61 Å². The number of carbonyl (C=O) groups excluding carboxylic acids is 2.